The second kappa shape index (κ2) is 12.8. The quantitative estimate of drug-likeness (QED) is 0.288. The van der Waals surface area contributed by atoms with Gasteiger partial charge in [-0.1, -0.05) is 12.5 Å². The Bertz CT molecular complexity index is 1120. The summed E-state index contributed by atoms with van der Waals surface area (Å²) in [5, 5.41) is 14.6. The van der Waals surface area contributed by atoms with Crippen molar-refractivity contribution < 1.29 is 28.9 Å². The molecule has 5 rings (SSSR count). The number of ether oxygens (including phenoxy) is 3. The SMILES string of the molecule is COc1ccc(C(=O)CCCCCC(=O)NC(CN2C3CCC2CC3)C(O)c2ccc3c(c2)OCCO3)cc1. The van der Waals surface area contributed by atoms with E-state index < -0.39 is 12.1 Å². The smallest absolute Gasteiger partial charge is 0.220 e. The van der Waals surface area contributed by atoms with Crippen molar-refractivity contribution in [3.63, 3.8) is 0 Å². The molecule has 1 amide bonds. The number of ketones is 1. The van der Waals surface area contributed by atoms with E-state index in [4.69, 9.17) is 14.2 Å². The Balaban J connectivity index is 1.13. The Morgan fingerprint density at radius 1 is 0.949 bits per heavy atom. The third-order valence-corrected chi connectivity index (χ3v) is 8.37. The lowest BCUT2D eigenvalue weighted by Gasteiger charge is -2.32. The summed E-state index contributed by atoms with van der Waals surface area (Å²) in [5.41, 5.74) is 1.40. The summed E-state index contributed by atoms with van der Waals surface area (Å²) in [6.45, 7) is 1.63. The average Bonchev–Trinajstić information content (AvgIpc) is 3.54. The molecule has 2 unspecified atom stereocenters. The zero-order valence-electron chi connectivity index (χ0n) is 22.8. The lowest BCUT2D eigenvalue weighted by molar-refractivity contribution is -0.123. The predicted molar refractivity (Wildman–Crippen MR) is 147 cm³/mol. The fraction of sp³-hybridized carbons (Fsp3) is 0.548. The van der Waals surface area contributed by atoms with E-state index in [1.165, 1.54) is 25.7 Å². The first-order valence-electron chi connectivity index (χ1n) is 14.3. The highest BCUT2D eigenvalue weighted by molar-refractivity contribution is 5.96. The summed E-state index contributed by atoms with van der Waals surface area (Å²) in [4.78, 5) is 27.9. The van der Waals surface area contributed by atoms with Crippen molar-refractivity contribution in [2.75, 3.05) is 26.9 Å². The number of Topliss-reactive ketones (excluding diaryl/α,β-unsaturated/α-hetero) is 1. The second-order valence-electron chi connectivity index (χ2n) is 10.9. The van der Waals surface area contributed by atoms with Gasteiger partial charge in [0.15, 0.2) is 17.3 Å². The van der Waals surface area contributed by atoms with E-state index in [0.717, 1.165) is 18.6 Å². The Morgan fingerprint density at radius 3 is 2.31 bits per heavy atom. The number of aliphatic hydroxyl groups is 1. The molecule has 3 heterocycles. The molecule has 3 aliphatic heterocycles. The van der Waals surface area contributed by atoms with Gasteiger partial charge in [0, 0.05) is 37.0 Å². The molecule has 2 aromatic rings. The summed E-state index contributed by atoms with van der Waals surface area (Å²) in [6.07, 6.45) is 6.98. The second-order valence-corrected chi connectivity index (χ2v) is 10.9. The Morgan fingerprint density at radius 2 is 1.62 bits per heavy atom. The van der Waals surface area contributed by atoms with Gasteiger partial charge in [-0.3, -0.25) is 14.5 Å². The molecule has 2 atom stereocenters. The number of aliphatic hydroxyl groups excluding tert-OH is 1. The molecule has 210 valence electrons. The fourth-order valence-electron chi connectivity index (χ4n) is 6.19. The van der Waals surface area contributed by atoms with E-state index in [1.807, 2.05) is 18.2 Å². The van der Waals surface area contributed by atoms with Gasteiger partial charge in [-0.15, -0.1) is 0 Å². The van der Waals surface area contributed by atoms with E-state index in [0.29, 0.717) is 73.7 Å². The number of fused-ring (bicyclic) bond motifs is 3. The first kappa shape index (κ1) is 27.5. The first-order valence-corrected chi connectivity index (χ1v) is 14.3. The molecule has 8 nitrogen and oxygen atoms in total. The molecule has 0 radical (unpaired) electrons. The van der Waals surface area contributed by atoms with Crippen LogP contribution in [-0.4, -0.2) is 66.7 Å². The minimum absolute atomic E-state index is 0.0652. The average molecular weight is 537 g/mol. The van der Waals surface area contributed by atoms with Crippen molar-refractivity contribution >= 4 is 11.7 Å². The normalized spacial score (nSPS) is 21.4. The number of carbonyl (C=O) groups is 2. The molecule has 2 saturated heterocycles. The molecule has 0 spiro atoms. The monoisotopic (exact) mass is 536 g/mol. The molecule has 2 bridgehead atoms. The molecule has 0 saturated carbocycles. The maximum absolute atomic E-state index is 13.0. The summed E-state index contributed by atoms with van der Waals surface area (Å²) < 4.78 is 16.5. The third-order valence-electron chi connectivity index (χ3n) is 8.37. The number of amides is 1. The summed E-state index contributed by atoms with van der Waals surface area (Å²) in [5.74, 6) is 2.08. The van der Waals surface area contributed by atoms with Crippen molar-refractivity contribution in [1.29, 1.82) is 0 Å². The fourth-order valence-corrected chi connectivity index (χ4v) is 6.19. The van der Waals surface area contributed by atoms with Crippen molar-refractivity contribution in [1.82, 2.24) is 10.2 Å². The van der Waals surface area contributed by atoms with Gasteiger partial charge in [-0.25, -0.2) is 0 Å². The summed E-state index contributed by atoms with van der Waals surface area (Å²) in [6, 6.07) is 13.4. The van der Waals surface area contributed by atoms with Crippen molar-refractivity contribution in [2.45, 2.75) is 82.0 Å². The molecule has 0 aromatic heterocycles. The van der Waals surface area contributed by atoms with Gasteiger partial charge in [0.05, 0.1) is 13.2 Å². The van der Waals surface area contributed by atoms with Crippen LogP contribution in [0, 0.1) is 0 Å². The molecule has 39 heavy (non-hydrogen) atoms. The lowest BCUT2D eigenvalue weighted by Crippen LogP contribution is -2.48. The Hall–Kier alpha value is -3.10. The number of hydrogen-bond acceptors (Lipinski definition) is 7. The van der Waals surface area contributed by atoms with Crippen molar-refractivity contribution in [2.24, 2.45) is 0 Å². The van der Waals surface area contributed by atoms with Gasteiger partial charge in [0.1, 0.15) is 25.1 Å². The standard InChI is InChI=1S/C31H40N2O6/c1-37-25-14-7-21(8-15-25)27(34)5-3-2-4-6-30(35)32-26(20-33-23-10-11-24(33)13-12-23)31(36)22-9-16-28-29(19-22)39-18-17-38-28/h7-9,14-16,19,23-24,26,31,36H,2-6,10-13,17-18,20H2,1H3,(H,32,35). The molecule has 2 N–H and O–H groups in total. The van der Waals surface area contributed by atoms with Crippen LogP contribution >= 0.6 is 0 Å². The van der Waals surface area contributed by atoms with Gasteiger partial charge in [-0.2, -0.15) is 0 Å². The van der Waals surface area contributed by atoms with Gasteiger partial charge < -0.3 is 24.6 Å². The number of nitrogens with zero attached hydrogens (tertiary/aromatic N) is 1. The van der Waals surface area contributed by atoms with Crippen LogP contribution in [0.4, 0.5) is 0 Å². The largest absolute Gasteiger partial charge is 0.497 e. The van der Waals surface area contributed by atoms with E-state index in [1.54, 1.807) is 31.4 Å². The van der Waals surface area contributed by atoms with Crippen LogP contribution in [0.1, 0.15) is 79.8 Å². The Labute approximate surface area is 230 Å². The van der Waals surface area contributed by atoms with E-state index in [-0.39, 0.29) is 11.7 Å². The van der Waals surface area contributed by atoms with Crippen LogP contribution in [0.2, 0.25) is 0 Å². The number of methoxy groups -OCH3 is 1. The van der Waals surface area contributed by atoms with Crippen LogP contribution in [0.3, 0.4) is 0 Å². The summed E-state index contributed by atoms with van der Waals surface area (Å²) in [7, 11) is 1.60. The van der Waals surface area contributed by atoms with Crippen LogP contribution in [0.15, 0.2) is 42.5 Å². The molecule has 3 aliphatic rings. The highest BCUT2D eigenvalue weighted by Gasteiger charge is 2.41. The van der Waals surface area contributed by atoms with Crippen LogP contribution in [0.25, 0.3) is 0 Å². The van der Waals surface area contributed by atoms with Crippen LogP contribution in [-0.2, 0) is 4.79 Å². The molecule has 0 aliphatic carbocycles. The number of benzene rings is 2. The number of hydrogen-bond donors (Lipinski definition) is 2. The van der Waals surface area contributed by atoms with Crippen LogP contribution in [0.5, 0.6) is 17.2 Å². The highest BCUT2D eigenvalue weighted by Crippen LogP contribution is 2.39. The van der Waals surface area contributed by atoms with Gasteiger partial charge in [0.25, 0.3) is 0 Å². The Kier molecular flexibility index (Phi) is 9.04. The van der Waals surface area contributed by atoms with Gasteiger partial charge in [0.2, 0.25) is 5.91 Å². The number of rotatable bonds is 13. The van der Waals surface area contributed by atoms with Gasteiger partial charge >= 0.3 is 0 Å². The maximum atomic E-state index is 13.0. The molecular formula is C31H40N2O6. The van der Waals surface area contributed by atoms with E-state index in [2.05, 4.69) is 10.2 Å². The molecular weight excluding hydrogens is 496 g/mol. The van der Waals surface area contributed by atoms with Crippen molar-refractivity contribution in [3.05, 3.63) is 53.6 Å². The zero-order chi connectivity index (χ0) is 27.2. The molecule has 2 aromatic carbocycles. The van der Waals surface area contributed by atoms with Crippen molar-refractivity contribution in [3.8, 4) is 17.2 Å². The first-order chi connectivity index (χ1) is 19.0. The van der Waals surface area contributed by atoms with Gasteiger partial charge in [-0.05, 0) is 80.5 Å². The highest BCUT2D eigenvalue weighted by atomic mass is 16.6. The topological polar surface area (TPSA) is 97.3 Å². The zero-order valence-corrected chi connectivity index (χ0v) is 22.8. The lowest BCUT2D eigenvalue weighted by atomic mass is 10.00. The number of nitrogens with one attached hydrogen (secondary N) is 1. The number of unbranched alkanes of at least 4 members (excludes halogenated alkanes) is 2. The van der Waals surface area contributed by atoms with E-state index in [9.17, 15) is 14.7 Å². The summed E-state index contributed by atoms with van der Waals surface area (Å²) >= 11 is 0. The maximum Gasteiger partial charge on any atom is 0.220 e. The minimum atomic E-state index is -0.855. The number of carbonyl (C=O) groups excluding carboxylic acids is 2. The predicted octanol–water partition coefficient (Wildman–Crippen LogP) is 4.44. The molecule has 2 fully saturated rings. The molecule has 8 heteroatoms. The van der Waals surface area contributed by atoms with E-state index >= 15 is 0 Å². The third kappa shape index (κ3) is 6.73. The van der Waals surface area contributed by atoms with Crippen LogP contribution < -0.4 is 19.5 Å². The minimum Gasteiger partial charge on any atom is -0.497 e.